The molecule has 8 heteroatoms. The van der Waals surface area contributed by atoms with Crippen molar-refractivity contribution in [2.24, 2.45) is 0 Å². The van der Waals surface area contributed by atoms with Gasteiger partial charge in [0.15, 0.2) is 11.6 Å². The number of aromatic nitrogens is 3. The summed E-state index contributed by atoms with van der Waals surface area (Å²) in [5.74, 6) is 0.0530. The van der Waals surface area contributed by atoms with E-state index in [1.165, 1.54) is 30.0 Å². The van der Waals surface area contributed by atoms with E-state index >= 15 is 0 Å². The Morgan fingerprint density at radius 3 is 2.76 bits per heavy atom. The first-order valence-electron chi connectivity index (χ1n) is 8.90. The van der Waals surface area contributed by atoms with Crippen molar-refractivity contribution < 1.29 is 18.7 Å². The predicted octanol–water partition coefficient (Wildman–Crippen LogP) is 2.93. The average Bonchev–Trinajstić information content (AvgIpc) is 3.40. The average molecular weight is 391 g/mol. The second kappa shape index (κ2) is 7.59. The molecule has 146 valence electrons. The number of carbonyl (C=O) groups is 2. The standard InChI is InChI=1S/C21H17N3O5/c1-13(25)14-9-18(22-10-14)21(27)29-12-19-23-17-7-3-2-6-16(17)20(26)24(19)11-15-5-4-8-28-15/h2-10,22H,11-12H2,1H3. The van der Waals surface area contributed by atoms with E-state index in [0.29, 0.717) is 22.2 Å². The lowest BCUT2D eigenvalue weighted by Gasteiger charge is -2.12. The monoisotopic (exact) mass is 391 g/mol. The number of ketones is 1. The summed E-state index contributed by atoms with van der Waals surface area (Å²) in [6.07, 6.45) is 2.96. The zero-order valence-electron chi connectivity index (χ0n) is 15.5. The molecule has 0 saturated carbocycles. The van der Waals surface area contributed by atoms with Gasteiger partial charge in [-0.2, -0.15) is 0 Å². The second-order valence-electron chi connectivity index (χ2n) is 6.45. The molecule has 8 nitrogen and oxygen atoms in total. The minimum Gasteiger partial charge on any atom is -0.467 e. The predicted molar refractivity (Wildman–Crippen MR) is 104 cm³/mol. The van der Waals surface area contributed by atoms with Gasteiger partial charge in [0.1, 0.15) is 18.1 Å². The smallest absolute Gasteiger partial charge is 0.355 e. The quantitative estimate of drug-likeness (QED) is 0.400. The zero-order chi connectivity index (χ0) is 20.4. The molecule has 29 heavy (non-hydrogen) atoms. The number of esters is 1. The van der Waals surface area contributed by atoms with Crippen molar-refractivity contribution in [1.82, 2.24) is 14.5 Å². The number of para-hydroxylation sites is 1. The number of nitrogens with one attached hydrogen (secondary N) is 1. The Morgan fingerprint density at radius 1 is 1.21 bits per heavy atom. The van der Waals surface area contributed by atoms with E-state index in [0.717, 1.165) is 0 Å². The molecule has 0 saturated heterocycles. The second-order valence-corrected chi connectivity index (χ2v) is 6.45. The third-order valence-corrected chi connectivity index (χ3v) is 4.48. The summed E-state index contributed by atoms with van der Waals surface area (Å²) in [5.41, 5.74) is 0.793. The summed E-state index contributed by atoms with van der Waals surface area (Å²) in [6.45, 7) is 1.35. The van der Waals surface area contributed by atoms with Crippen molar-refractivity contribution in [2.75, 3.05) is 0 Å². The van der Waals surface area contributed by atoms with Crippen LogP contribution in [0.3, 0.4) is 0 Å². The molecule has 0 aliphatic heterocycles. The largest absolute Gasteiger partial charge is 0.467 e. The number of furan rings is 1. The Kier molecular flexibility index (Phi) is 4.82. The van der Waals surface area contributed by atoms with Gasteiger partial charge in [0, 0.05) is 11.8 Å². The van der Waals surface area contributed by atoms with Crippen LogP contribution in [0.5, 0.6) is 0 Å². The molecule has 0 unspecified atom stereocenters. The molecule has 4 rings (SSSR count). The Balaban J connectivity index is 1.65. The molecule has 1 N–H and O–H groups in total. The molecule has 0 bridgehead atoms. The molecule has 3 aromatic heterocycles. The normalized spacial score (nSPS) is 10.9. The molecular formula is C21H17N3O5. The number of rotatable bonds is 6. The van der Waals surface area contributed by atoms with Crippen LogP contribution in [-0.4, -0.2) is 26.3 Å². The fourth-order valence-corrected chi connectivity index (χ4v) is 2.97. The van der Waals surface area contributed by atoms with Gasteiger partial charge in [-0.3, -0.25) is 14.2 Å². The van der Waals surface area contributed by atoms with Crippen LogP contribution in [-0.2, 0) is 17.9 Å². The zero-order valence-corrected chi connectivity index (χ0v) is 15.5. The maximum atomic E-state index is 13.0. The van der Waals surface area contributed by atoms with Gasteiger partial charge in [0.25, 0.3) is 5.56 Å². The number of hydrogen-bond donors (Lipinski definition) is 1. The Bertz CT molecular complexity index is 1250. The van der Waals surface area contributed by atoms with Crippen LogP contribution in [0.25, 0.3) is 10.9 Å². The highest BCUT2D eigenvalue weighted by Gasteiger charge is 2.16. The van der Waals surface area contributed by atoms with E-state index in [-0.39, 0.29) is 36.0 Å². The van der Waals surface area contributed by atoms with Gasteiger partial charge < -0.3 is 14.1 Å². The molecule has 0 fully saturated rings. The lowest BCUT2D eigenvalue weighted by molar-refractivity contribution is 0.0450. The number of H-pyrrole nitrogens is 1. The van der Waals surface area contributed by atoms with Crippen LogP contribution in [0.15, 0.2) is 64.1 Å². The summed E-state index contributed by atoms with van der Waals surface area (Å²) >= 11 is 0. The molecule has 3 heterocycles. The highest BCUT2D eigenvalue weighted by molar-refractivity contribution is 5.97. The van der Waals surface area contributed by atoms with Crippen molar-refractivity contribution in [3.05, 3.63) is 88.1 Å². The van der Waals surface area contributed by atoms with Gasteiger partial charge in [-0.15, -0.1) is 0 Å². The molecular weight excluding hydrogens is 374 g/mol. The van der Waals surface area contributed by atoms with Crippen LogP contribution >= 0.6 is 0 Å². The van der Waals surface area contributed by atoms with Crippen LogP contribution in [0.2, 0.25) is 0 Å². The summed E-state index contributed by atoms with van der Waals surface area (Å²) in [5, 5.41) is 0.463. The minimum atomic E-state index is -0.649. The Hall–Kier alpha value is -3.94. The maximum absolute atomic E-state index is 13.0. The number of carbonyl (C=O) groups excluding carboxylic acids is 2. The number of nitrogens with zero attached hydrogens (tertiary/aromatic N) is 2. The summed E-state index contributed by atoms with van der Waals surface area (Å²) in [6, 6.07) is 11.9. The topological polar surface area (TPSA) is 107 Å². The SMILES string of the molecule is CC(=O)c1c[nH]c(C(=O)OCc2nc3ccccc3c(=O)n2Cc2ccco2)c1. The molecule has 0 aliphatic carbocycles. The molecule has 1 aromatic carbocycles. The van der Waals surface area contributed by atoms with E-state index in [2.05, 4.69) is 9.97 Å². The Morgan fingerprint density at radius 2 is 2.03 bits per heavy atom. The number of ether oxygens (including phenoxy) is 1. The fourth-order valence-electron chi connectivity index (χ4n) is 2.97. The lowest BCUT2D eigenvalue weighted by Crippen LogP contribution is -2.26. The molecule has 0 radical (unpaired) electrons. The van der Waals surface area contributed by atoms with E-state index < -0.39 is 5.97 Å². The molecule has 0 amide bonds. The van der Waals surface area contributed by atoms with Crippen molar-refractivity contribution in [2.45, 2.75) is 20.1 Å². The number of aromatic amines is 1. The van der Waals surface area contributed by atoms with Crippen molar-refractivity contribution in [3.8, 4) is 0 Å². The third kappa shape index (κ3) is 3.73. The summed E-state index contributed by atoms with van der Waals surface area (Å²) in [4.78, 5) is 43.9. The van der Waals surface area contributed by atoms with Crippen LogP contribution < -0.4 is 5.56 Å². The molecule has 4 aromatic rings. The molecule has 0 aliphatic rings. The van der Waals surface area contributed by atoms with Gasteiger partial charge >= 0.3 is 5.97 Å². The lowest BCUT2D eigenvalue weighted by atomic mass is 10.2. The van der Waals surface area contributed by atoms with E-state index in [1.807, 2.05) is 0 Å². The van der Waals surface area contributed by atoms with Gasteiger partial charge in [0.05, 0.1) is 23.7 Å². The van der Waals surface area contributed by atoms with E-state index in [1.54, 1.807) is 36.4 Å². The van der Waals surface area contributed by atoms with Gasteiger partial charge in [-0.25, -0.2) is 9.78 Å². The highest BCUT2D eigenvalue weighted by atomic mass is 16.5. The van der Waals surface area contributed by atoms with Crippen LogP contribution in [0, 0.1) is 0 Å². The first kappa shape index (κ1) is 18.4. The van der Waals surface area contributed by atoms with Gasteiger partial charge in [-0.05, 0) is 37.3 Å². The van der Waals surface area contributed by atoms with E-state index in [9.17, 15) is 14.4 Å². The summed E-state index contributed by atoms with van der Waals surface area (Å²) in [7, 11) is 0. The maximum Gasteiger partial charge on any atom is 0.355 e. The number of Topliss-reactive ketones (excluding diaryl/α,β-unsaturated/α-hetero) is 1. The first-order valence-corrected chi connectivity index (χ1v) is 8.90. The number of fused-ring (bicyclic) bond motifs is 1. The third-order valence-electron chi connectivity index (χ3n) is 4.48. The Labute approximate surface area is 164 Å². The van der Waals surface area contributed by atoms with Crippen molar-refractivity contribution >= 4 is 22.7 Å². The number of hydrogen-bond acceptors (Lipinski definition) is 6. The summed E-state index contributed by atoms with van der Waals surface area (Å²) < 4.78 is 12.1. The van der Waals surface area contributed by atoms with Gasteiger partial charge in [-0.1, -0.05) is 12.1 Å². The molecule has 0 spiro atoms. The van der Waals surface area contributed by atoms with Crippen molar-refractivity contribution in [1.29, 1.82) is 0 Å². The van der Waals surface area contributed by atoms with Crippen LogP contribution in [0.1, 0.15) is 39.4 Å². The van der Waals surface area contributed by atoms with Crippen LogP contribution in [0.4, 0.5) is 0 Å². The fraction of sp³-hybridized carbons (Fsp3) is 0.143. The van der Waals surface area contributed by atoms with Gasteiger partial charge in [0.2, 0.25) is 0 Å². The molecule has 0 atom stereocenters. The number of benzene rings is 1. The first-order chi connectivity index (χ1) is 14.0. The highest BCUT2D eigenvalue weighted by Crippen LogP contribution is 2.13. The van der Waals surface area contributed by atoms with E-state index in [4.69, 9.17) is 9.15 Å². The van der Waals surface area contributed by atoms with Crippen molar-refractivity contribution in [3.63, 3.8) is 0 Å². The minimum absolute atomic E-state index is 0.149.